The van der Waals surface area contributed by atoms with E-state index in [1.54, 1.807) is 30.1 Å². The predicted molar refractivity (Wildman–Crippen MR) is 184 cm³/mol. The van der Waals surface area contributed by atoms with E-state index < -0.39 is 16.1 Å². The normalized spacial score (nSPS) is 13.9. The molecule has 208 valence electrons. The molecule has 0 saturated carbocycles. The number of hydrogen-bond acceptors (Lipinski definition) is 0. The van der Waals surface area contributed by atoms with Crippen molar-refractivity contribution >= 4 is 83.3 Å². The van der Waals surface area contributed by atoms with Gasteiger partial charge in [-0.2, -0.15) is 0 Å². The molecule has 2 aromatic carbocycles. The van der Waals surface area contributed by atoms with E-state index in [9.17, 15) is 0 Å². The second-order valence-electron chi connectivity index (χ2n) is 14.0. The molecule has 0 saturated heterocycles. The number of aryl methyl sites for hydroxylation is 2. The van der Waals surface area contributed by atoms with Crippen molar-refractivity contribution in [1.29, 1.82) is 0 Å². The van der Waals surface area contributed by atoms with Gasteiger partial charge >= 0.3 is 249 Å². The average molecular weight is 675 g/mol. The van der Waals surface area contributed by atoms with Crippen LogP contribution in [0.4, 0.5) is 0 Å². The SMILES string of the molecule is Cc1cc2c(cc(C)c3cc([Si](C(C)C)(C(C)C)C(C)C)[se]c32)c2[se]c([Si](C(C)C)(C(C)C)C(C)C)cc12. The van der Waals surface area contributed by atoms with Gasteiger partial charge in [0.2, 0.25) is 0 Å². The first-order chi connectivity index (χ1) is 17.6. The first kappa shape index (κ1) is 30.6. The van der Waals surface area contributed by atoms with Crippen molar-refractivity contribution in [3.05, 3.63) is 35.4 Å². The number of fused-ring (bicyclic) bond motifs is 5. The fraction of sp³-hybridized carbons (Fsp3) is 0.588. The Balaban J connectivity index is 2.10. The molecule has 4 heteroatoms. The molecule has 0 atom stereocenters. The third-order valence-corrected chi connectivity index (χ3v) is 33.5. The molecule has 4 aromatic rings. The van der Waals surface area contributed by atoms with Gasteiger partial charge in [0.1, 0.15) is 0 Å². The van der Waals surface area contributed by atoms with Crippen LogP contribution in [0.3, 0.4) is 0 Å². The summed E-state index contributed by atoms with van der Waals surface area (Å²) >= 11 is 0.888. The molecule has 2 heterocycles. The van der Waals surface area contributed by atoms with Crippen LogP contribution in [0, 0.1) is 13.8 Å². The van der Waals surface area contributed by atoms with E-state index in [1.807, 2.05) is 8.12 Å². The minimum absolute atomic E-state index is 0.444. The van der Waals surface area contributed by atoms with Crippen LogP contribution in [0.25, 0.3) is 30.1 Å². The van der Waals surface area contributed by atoms with Crippen LogP contribution >= 0.6 is 0 Å². The van der Waals surface area contributed by atoms with Crippen LogP contribution in [-0.2, 0) is 0 Å². The van der Waals surface area contributed by atoms with E-state index >= 15 is 0 Å². The average Bonchev–Trinajstić information content (AvgIpc) is 3.41. The maximum absolute atomic E-state index is 2.71. The van der Waals surface area contributed by atoms with Gasteiger partial charge in [-0.25, -0.2) is 0 Å². The molecule has 0 aliphatic carbocycles. The summed E-state index contributed by atoms with van der Waals surface area (Å²) in [5.41, 5.74) is 7.69. The van der Waals surface area contributed by atoms with Crippen molar-refractivity contribution in [2.45, 2.75) is 130 Å². The third-order valence-electron chi connectivity index (χ3n) is 10.4. The molecule has 0 radical (unpaired) electrons. The molecular weight excluding hydrogens is 622 g/mol. The predicted octanol–water partition coefficient (Wildman–Crippen LogP) is 9.65. The van der Waals surface area contributed by atoms with Crippen LogP contribution in [-0.4, -0.2) is 45.2 Å². The number of hydrogen-bond donors (Lipinski definition) is 0. The van der Waals surface area contributed by atoms with Crippen molar-refractivity contribution in [2.24, 2.45) is 0 Å². The fourth-order valence-corrected chi connectivity index (χ4v) is 38.0. The van der Waals surface area contributed by atoms with E-state index in [4.69, 9.17) is 0 Å². The zero-order valence-corrected chi connectivity index (χ0v) is 32.0. The first-order valence-electron chi connectivity index (χ1n) is 15.0. The standard InChI is InChI=1S/C34H52Se2Si2/c1-19(2)37(20(3)4,21(5)6)31-17-27-25(13)15-30-29(33(27)35-31)16-26(14)28-18-32(36-34(28)30)38(22(7)8,23(9)10)24(11)12/h15-24H,1-14H3. The van der Waals surface area contributed by atoms with Crippen LogP contribution < -0.4 is 8.12 Å². The van der Waals surface area contributed by atoms with Gasteiger partial charge in [0, 0.05) is 0 Å². The monoisotopic (exact) mass is 676 g/mol. The van der Waals surface area contributed by atoms with E-state index in [2.05, 4.69) is 121 Å². The quantitative estimate of drug-likeness (QED) is 0.163. The summed E-state index contributed by atoms with van der Waals surface area (Å²) in [6.45, 7) is 35.1. The van der Waals surface area contributed by atoms with E-state index in [0.717, 1.165) is 33.2 Å². The van der Waals surface area contributed by atoms with Crippen LogP contribution in [0.5, 0.6) is 0 Å². The minimum atomic E-state index is -1.62. The second kappa shape index (κ2) is 10.8. The second-order valence-corrected chi connectivity index (χ2v) is 31.8. The Morgan fingerprint density at radius 3 is 0.921 bits per heavy atom. The molecule has 0 N–H and O–H groups in total. The summed E-state index contributed by atoms with van der Waals surface area (Å²) in [5.74, 6) is 0. The Bertz CT molecular complexity index is 1310. The number of benzene rings is 2. The van der Waals surface area contributed by atoms with Gasteiger partial charge in [-0.1, -0.05) is 0 Å². The zero-order valence-electron chi connectivity index (χ0n) is 26.6. The molecule has 38 heavy (non-hydrogen) atoms. The van der Waals surface area contributed by atoms with Crippen LogP contribution in [0.2, 0.25) is 33.2 Å². The fourth-order valence-electron chi connectivity index (χ4n) is 9.02. The van der Waals surface area contributed by atoms with Gasteiger partial charge in [0.25, 0.3) is 0 Å². The Morgan fingerprint density at radius 2 is 0.684 bits per heavy atom. The van der Waals surface area contributed by atoms with E-state index in [0.29, 0.717) is 29.0 Å². The summed E-state index contributed by atoms with van der Waals surface area (Å²) in [6.07, 6.45) is 0. The van der Waals surface area contributed by atoms with Crippen molar-refractivity contribution in [3.63, 3.8) is 0 Å². The molecule has 0 amide bonds. The first-order valence-corrected chi connectivity index (χ1v) is 22.9. The van der Waals surface area contributed by atoms with E-state index in [1.165, 1.54) is 11.1 Å². The third kappa shape index (κ3) is 4.31. The van der Waals surface area contributed by atoms with Gasteiger partial charge in [0.15, 0.2) is 0 Å². The molecular formula is C34H52Se2Si2. The Hall–Kier alpha value is -0.347. The summed E-state index contributed by atoms with van der Waals surface area (Å²) in [7, 11) is -3.24. The van der Waals surface area contributed by atoms with Gasteiger partial charge in [0.05, 0.1) is 0 Å². The van der Waals surface area contributed by atoms with Gasteiger partial charge in [-0.15, -0.1) is 0 Å². The summed E-state index contributed by atoms with van der Waals surface area (Å²) < 4.78 is 7.17. The molecule has 0 bridgehead atoms. The molecule has 0 nitrogen and oxygen atoms in total. The topological polar surface area (TPSA) is 0 Å². The number of rotatable bonds is 8. The Morgan fingerprint density at radius 1 is 0.421 bits per heavy atom. The maximum atomic E-state index is 2.71. The molecule has 0 aliphatic rings. The van der Waals surface area contributed by atoms with Crippen molar-refractivity contribution in [3.8, 4) is 0 Å². The van der Waals surface area contributed by atoms with Crippen LogP contribution in [0.1, 0.15) is 94.2 Å². The Kier molecular flexibility index (Phi) is 8.71. The van der Waals surface area contributed by atoms with Gasteiger partial charge in [-0.3, -0.25) is 0 Å². The summed E-state index contributed by atoms with van der Waals surface area (Å²) in [6, 6.07) is 10.6. The molecule has 0 spiro atoms. The molecule has 4 rings (SSSR count). The zero-order chi connectivity index (χ0) is 28.5. The molecule has 0 fully saturated rings. The van der Waals surface area contributed by atoms with Crippen molar-refractivity contribution < 1.29 is 0 Å². The molecule has 0 unspecified atom stereocenters. The van der Waals surface area contributed by atoms with Crippen molar-refractivity contribution in [1.82, 2.24) is 0 Å². The molecule has 2 aromatic heterocycles. The summed E-state index contributed by atoms with van der Waals surface area (Å²) in [4.78, 5) is 0. The van der Waals surface area contributed by atoms with Gasteiger partial charge in [-0.05, 0) is 0 Å². The Labute approximate surface area is 247 Å². The summed E-state index contributed by atoms with van der Waals surface area (Å²) in [5, 5.41) is 6.35. The van der Waals surface area contributed by atoms with Crippen LogP contribution in [0.15, 0.2) is 24.3 Å². The van der Waals surface area contributed by atoms with Gasteiger partial charge < -0.3 is 0 Å². The molecule has 0 aliphatic heterocycles. The van der Waals surface area contributed by atoms with E-state index in [-0.39, 0.29) is 0 Å². The van der Waals surface area contributed by atoms with Crippen molar-refractivity contribution in [2.75, 3.05) is 0 Å².